The average Bonchev–Trinajstić information content (AvgIpc) is 2.61. The van der Waals surface area contributed by atoms with Crippen LogP contribution in [-0.4, -0.2) is 37.7 Å². The minimum absolute atomic E-state index is 0.00754. The highest BCUT2D eigenvalue weighted by molar-refractivity contribution is 5.95. The first-order valence-corrected chi connectivity index (χ1v) is 8.87. The van der Waals surface area contributed by atoms with Crippen molar-refractivity contribution in [1.29, 1.82) is 0 Å². The largest absolute Gasteiger partial charge is 0.496 e. The number of aryl methyl sites for hydroxylation is 1. The number of hydrogen-bond donors (Lipinski definition) is 2. The van der Waals surface area contributed by atoms with Gasteiger partial charge < -0.3 is 14.8 Å². The van der Waals surface area contributed by atoms with Crippen molar-refractivity contribution in [3.63, 3.8) is 0 Å². The SMILES string of the molecule is COc1ccc(C)cc1CC(=O)OCC(=O)NC(=O)NC1CCCCC1. The van der Waals surface area contributed by atoms with Crippen LogP contribution in [0.3, 0.4) is 0 Å². The summed E-state index contributed by atoms with van der Waals surface area (Å²) in [5.41, 5.74) is 1.68. The van der Waals surface area contributed by atoms with Crippen LogP contribution in [0, 0.1) is 6.92 Å². The second kappa shape index (κ2) is 9.79. The van der Waals surface area contributed by atoms with E-state index in [1.807, 2.05) is 19.1 Å². The molecule has 26 heavy (non-hydrogen) atoms. The summed E-state index contributed by atoms with van der Waals surface area (Å²) in [6.07, 6.45) is 5.19. The zero-order valence-corrected chi connectivity index (χ0v) is 15.3. The van der Waals surface area contributed by atoms with Crippen LogP contribution < -0.4 is 15.4 Å². The average molecular weight is 362 g/mol. The lowest BCUT2D eigenvalue weighted by atomic mass is 9.96. The molecule has 0 bridgehead atoms. The minimum Gasteiger partial charge on any atom is -0.496 e. The van der Waals surface area contributed by atoms with Gasteiger partial charge in [0.2, 0.25) is 0 Å². The summed E-state index contributed by atoms with van der Waals surface area (Å²) in [5.74, 6) is -0.622. The van der Waals surface area contributed by atoms with E-state index in [0.717, 1.165) is 31.2 Å². The normalized spacial score (nSPS) is 14.4. The summed E-state index contributed by atoms with van der Waals surface area (Å²) in [4.78, 5) is 35.5. The van der Waals surface area contributed by atoms with Gasteiger partial charge in [0.15, 0.2) is 6.61 Å². The molecule has 0 heterocycles. The number of esters is 1. The molecular formula is C19H26N2O5. The van der Waals surface area contributed by atoms with E-state index in [0.29, 0.717) is 11.3 Å². The van der Waals surface area contributed by atoms with Crippen molar-refractivity contribution in [1.82, 2.24) is 10.6 Å². The highest BCUT2D eigenvalue weighted by Crippen LogP contribution is 2.20. The van der Waals surface area contributed by atoms with Gasteiger partial charge in [0.25, 0.3) is 5.91 Å². The van der Waals surface area contributed by atoms with E-state index >= 15 is 0 Å². The number of rotatable bonds is 6. The standard InChI is InChI=1S/C19H26N2O5/c1-13-8-9-16(25-2)14(10-13)11-18(23)26-12-17(22)21-19(24)20-15-6-4-3-5-7-15/h8-10,15H,3-7,11-12H2,1-2H3,(H2,20,21,22,24). The fourth-order valence-electron chi connectivity index (χ4n) is 3.03. The predicted octanol–water partition coefficient (Wildman–Crippen LogP) is 2.25. The van der Waals surface area contributed by atoms with Gasteiger partial charge >= 0.3 is 12.0 Å². The van der Waals surface area contributed by atoms with Crippen molar-refractivity contribution in [3.05, 3.63) is 29.3 Å². The van der Waals surface area contributed by atoms with E-state index in [2.05, 4.69) is 10.6 Å². The molecule has 2 N–H and O–H groups in total. The molecule has 2 rings (SSSR count). The van der Waals surface area contributed by atoms with Gasteiger partial charge in [-0.3, -0.25) is 14.9 Å². The monoisotopic (exact) mass is 362 g/mol. The molecule has 0 spiro atoms. The van der Waals surface area contributed by atoms with E-state index in [1.54, 1.807) is 6.07 Å². The van der Waals surface area contributed by atoms with Gasteiger partial charge in [0, 0.05) is 11.6 Å². The molecule has 0 radical (unpaired) electrons. The fraction of sp³-hybridized carbons (Fsp3) is 0.526. The molecule has 7 nitrogen and oxygen atoms in total. The Kier molecular flexibility index (Phi) is 7.44. The van der Waals surface area contributed by atoms with Gasteiger partial charge in [0.1, 0.15) is 5.75 Å². The van der Waals surface area contributed by atoms with Crippen molar-refractivity contribution in [2.24, 2.45) is 0 Å². The summed E-state index contributed by atoms with van der Waals surface area (Å²) < 4.78 is 10.2. The van der Waals surface area contributed by atoms with Gasteiger partial charge in [-0.25, -0.2) is 4.79 Å². The molecule has 1 aromatic rings. The highest BCUT2D eigenvalue weighted by Gasteiger charge is 2.18. The summed E-state index contributed by atoms with van der Waals surface area (Å²) in [7, 11) is 1.53. The zero-order valence-electron chi connectivity index (χ0n) is 15.3. The highest BCUT2D eigenvalue weighted by atomic mass is 16.5. The Morgan fingerprint density at radius 2 is 1.88 bits per heavy atom. The summed E-state index contributed by atoms with van der Waals surface area (Å²) in [5, 5.41) is 4.96. The Morgan fingerprint density at radius 3 is 2.58 bits per heavy atom. The second-order valence-corrected chi connectivity index (χ2v) is 6.51. The molecule has 0 aromatic heterocycles. The summed E-state index contributed by atoms with van der Waals surface area (Å²) >= 11 is 0. The van der Waals surface area contributed by atoms with Crippen molar-refractivity contribution < 1.29 is 23.9 Å². The first-order chi connectivity index (χ1) is 12.5. The van der Waals surface area contributed by atoms with Crippen molar-refractivity contribution >= 4 is 17.9 Å². The number of nitrogens with one attached hydrogen (secondary N) is 2. The number of carbonyl (C=O) groups excluding carboxylic acids is 3. The van der Waals surface area contributed by atoms with E-state index < -0.39 is 24.5 Å². The number of ether oxygens (including phenoxy) is 2. The molecule has 0 atom stereocenters. The molecule has 7 heteroatoms. The van der Waals surface area contributed by atoms with Crippen LogP contribution in [0.25, 0.3) is 0 Å². The number of imide groups is 1. The van der Waals surface area contributed by atoms with E-state index in [-0.39, 0.29) is 12.5 Å². The van der Waals surface area contributed by atoms with Gasteiger partial charge in [0.05, 0.1) is 13.5 Å². The number of benzene rings is 1. The minimum atomic E-state index is -0.650. The number of urea groups is 1. The quantitative estimate of drug-likeness (QED) is 0.757. The first kappa shape index (κ1) is 19.8. The van der Waals surface area contributed by atoms with Crippen LogP contribution in [0.5, 0.6) is 5.75 Å². The number of hydrogen-bond acceptors (Lipinski definition) is 5. The summed E-state index contributed by atoms with van der Waals surface area (Å²) in [6, 6.07) is 5.05. The van der Waals surface area contributed by atoms with Crippen molar-refractivity contribution in [2.75, 3.05) is 13.7 Å². The molecule has 1 saturated carbocycles. The van der Waals surface area contributed by atoms with Crippen molar-refractivity contribution in [2.45, 2.75) is 51.5 Å². The number of methoxy groups -OCH3 is 1. The Hall–Kier alpha value is -2.57. The van der Waals surface area contributed by atoms with E-state index in [1.165, 1.54) is 13.5 Å². The smallest absolute Gasteiger partial charge is 0.321 e. The van der Waals surface area contributed by atoms with Crippen molar-refractivity contribution in [3.8, 4) is 5.75 Å². The second-order valence-electron chi connectivity index (χ2n) is 6.51. The molecule has 0 saturated heterocycles. The Labute approximate surface area is 153 Å². The first-order valence-electron chi connectivity index (χ1n) is 8.87. The number of carbonyl (C=O) groups is 3. The van der Waals surface area contributed by atoms with Crippen LogP contribution >= 0.6 is 0 Å². The van der Waals surface area contributed by atoms with Crippen LogP contribution in [0.15, 0.2) is 18.2 Å². The van der Waals surface area contributed by atoms with Gasteiger partial charge in [-0.2, -0.15) is 0 Å². The van der Waals surface area contributed by atoms with Crippen LogP contribution in [0.2, 0.25) is 0 Å². The zero-order chi connectivity index (χ0) is 18.9. The molecule has 1 aliphatic rings. The lowest BCUT2D eigenvalue weighted by molar-refractivity contribution is -0.147. The van der Waals surface area contributed by atoms with Crippen LogP contribution in [0.4, 0.5) is 4.79 Å². The van der Waals surface area contributed by atoms with E-state index in [4.69, 9.17) is 9.47 Å². The fourth-order valence-corrected chi connectivity index (χ4v) is 3.03. The topological polar surface area (TPSA) is 93.7 Å². The number of amides is 3. The Balaban J connectivity index is 1.73. The lowest BCUT2D eigenvalue weighted by Crippen LogP contribution is -2.46. The molecule has 0 unspecified atom stereocenters. The Bertz CT molecular complexity index is 653. The molecule has 1 fully saturated rings. The van der Waals surface area contributed by atoms with Gasteiger partial charge in [-0.15, -0.1) is 0 Å². The molecule has 0 aliphatic heterocycles. The van der Waals surface area contributed by atoms with Gasteiger partial charge in [-0.1, -0.05) is 37.0 Å². The third kappa shape index (κ3) is 6.38. The maximum atomic E-state index is 11.9. The molecule has 3 amide bonds. The maximum absolute atomic E-state index is 11.9. The molecule has 1 aliphatic carbocycles. The molecule has 142 valence electrons. The van der Waals surface area contributed by atoms with Crippen LogP contribution in [0.1, 0.15) is 43.2 Å². The molecular weight excluding hydrogens is 336 g/mol. The van der Waals surface area contributed by atoms with Crippen LogP contribution in [-0.2, 0) is 20.7 Å². The van der Waals surface area contributed by atoms with E-state index in [9.17, 15) is 14.4 Å². The van der Waals surface area contributed by atoms with Gasteiger partial charge in [-0.05, 0) is 25.8 Å². The third-order valence-corrected chi connectivity index (χ3v) is 4.33. The maximum Gasteiger partial charge on any atom is 0.321 e. The predicted molar refractivity (Wildman–Crippen MR) is 95.9 cm³/mol. The Morgan fingerprint density at radius 1 is 1.15 bits per heavy atom. The lowest BCUT2D eigenvalue weighted by Gasteiger charge is -2.22. The third-order valence-electron chi connectivity index (χ3n) is 4.33. The summed E-state index contributed by atoms with van der Waals surface area (Å²) in [6.45, 7) is 1.41. The molecule has 1 aromatic carbocycles.